The first-order valence-corrected chi connectivity index (χ1v) is 7.54. The van der Waals surface area contributed by atoms with Gasteiger partial charge < -0.3 is 14.8 Å². The molecule has 1 N–H and O–H groups in total. The summed E-state index contributed by atoms with van der Waals surface area (Å²) in [6.45, 7) is 7.35. The van der Waals surface area contributed by atoms with E-state index < -0.39 is 0 Å². The predicted octanol–water partition coefficient (Wildman–Crippen LogP) is 2.66. The number of hydrogen-bond donors (Lipinski definition) is 1. The second kappa shape index (κ2) is 6.48. The molecule has 1 fully saturated rings. The number of methoxy groups -OCH3 is 1. The van der Waals surface area contributed by atoms with Crippen LogP contribution in [0.1, 0.15) is 39.2 Å². The largest absolute Gasteiger partial charge is 0.489 e. The minimum absolute atomic E-state index is 0.0131. The van der Waals surface area contributed by atoms with E-state index in [1.165, 1.54) is 12.7 Å². The van der Waals surface area contributed by atoms with Gasteiger partial charge in [0.1, 0.15) is 17.9 Å². The lowest BCUT2D eigenvalue weighted by Crippen LogP contribution is -2.31. The van der Waals surface area contributed by atoms with Gasteiger partial charge in [0, 0.05) is 13.0 Å². The summed E-state index contributed by atoms with van der Waals surface area (Å²) in [5.41, 5.74) is 1.50. The average molecular weight is 291 g/mol. The summed E-state index contributed by atoms with van der Waals surface area (Å²) >= 11 is 0. The average Bonchev–Trinajstić information content (AvgIpc) is 2.95. The number of esters is 1. The van der Waals surface area contributed by atoms with Crippen molar-refractivity contribution >= 4 is 5.97 Å². The van der Waals surface area contributed by atoms with E-state index in [9.17, 15) is 4.79 Å². The van der Waals surface area contributed by atoms with Crippen LogP contribution in [0.25, 0.3) is 0 Å². The van der Waals surface area contributed by atoms with Gasteiger partial charge >= 0.3 is 5.97 Å². The Kier molecular flexibility index (Phi) is 4.88. The molecule has 1 heterocycles. The first kappa shape index (κ1) is 15.8. The molecule has 21 heavy (non-hydrogen) atoms. The minimum Gasteiger partial charge on any atom is -0.489 e. The zero-order valence-electron chi connectivity index (χ0n) is 13.3. The lowest BCUT2D eigenvalue weighted by atomic mass is 9.82. The summed E-state index contributed by atoms with van der Waals surface area (Å²) in [4.78, 5) is 11.5. The molecule has 0 aromatic heterocycles. The van der Waals surface area contributed by atoms with Gasteiger partial charge in [0.15, 0.2) is 0 Å². The maximum absolute atomic E-state index is 11.5. The lowest BCUT2D eigenvalue weighted by molar-refractivity contribution is -0.142. The van der Waals surface area contributed by atoms with Crippen molar-refractivity contribution in [1.29, 1.82) is 0 Å². The minimum atomic E-state index is -0.252. The van der Waals surface area contributed by atoms with E-state index in [0.717, 1.165) is 12.2 Å². The number of rotatable bonds is 5. The van der Waals surface area contributed by atoms with Gasteiger partial charge in [-0.2, -0.15) is 0 Å². The predicted molar refractivity (Wildman–Crippen MR) is 82.6 cm³/mol. The molecule has 0 spiro atoms. The van der Waals surface area contributed by atoms with E-state index in [4.69, 9.17) is 9.47 Å². The molecule has 0 saturated carbocycles. The Morgan fingerprint density at radius 3 is 2.57 bits per heavy atom. The molecule has 0 bridgehead atoms. The molecule has 0 amide bonds. The summed E-state index contributed by atoms with van der Waals surface area (Å²) in [5, 5.41) is 3.12. The SMILES string of the molecule is CCC(C)(C)c1ccc(OC2CNC(C(=O)OC)C2)cc1. The summed E-state index contributed by atoms with van der Waals surface area (Å²) in [7, 11) is 1.41. The van der Waals surface area contributed by atoms with Gasteiger partial charge in [0.2, 0.25) is 0 Å². The Morgan fingerprint density at radius 1 is 1.33 bits per heavy atom. The Balaban J connectivity index is 1.94. The van der Waals surface area contributed by atoms with E-state index in [1.54, 1.807) is 0 Å². The molecular weight excluding hydrogens is 266 g/mol. The maximum Gasteiger partial charge on any atom is 0.323 e. The van der Waals surface area contributed by atoms with Crippen molar-refractivity contribution in [3.8, 4) is 5.75 Å². The van der Waals surface area contributed by atoms with Gasteiger partial charge in [-0.1, -0.05) is 32.9 Å². The van der Waals surface area contributed by atoms with Gasteiger partial charge in [0.25, 0.3) is 0 Å². The summed E-state index contributed by atoms with van der Waals surface area (Å²) in [6.07, 6.45) is 1.76. The molecule has 1 aromatic carbocycles. The number of benzene rings is 1. The topological polar surface area (TPSA) is 47.6 Å². The number of hydrogen-bond acceptors (Lipinski definition) is 4. The molecule has 2 rings (SSSR count). The quantitative estimate of drug-likeness (QED) is 0.847. The van der Waals surface area contributed by atoms with Crippen LogP contribution in [0.2, 0.25) is 0 Å². The van der Waals surface area contributed by atoms with Crippen LogP contribution in [0, 0.1) is 0 Å². The molecular formula is C17H25NO3. The van der Waals surface area contributed by atoms with Crippen LogP contribution in [-0.2, 0) is 14.9 Å². The number of nitrogens with one attached hydrogen (secondary N) is 1. The number of carbonyl (C=O) groups excluding carboxylic acids is 1. The molecule has 4 nitrogen and oxygen atoms in total. The van der Waals surface area contributed by atoms with Crippen molar-refractivity contribution in [2.24, 2.45) is 0 Å². The van der Waals surface area contributed by atoms with Crippen LogP contribution in [0.15, 0.2) is 24.3 Å². The van der Waals surface area contributed by atoms with E-state index in [2.05, 4.69) is 38.2 Å². The smallest absolute Gasteiger partial charge is 0.323 e. The van der Waals surface area contributed by atoms with Crippen molar-refractivity contribution in [2.45, 2.75) is 51.2 Å². The van der Waals surface area contributed by atoms with Crippen molar-refractivity contribution in [2.75, 3.05) is 13.7 Å². The highest BCUT2D eigenvalue weighted by molar-refractivity contribution is 5.76. The molecule has 1 aromatic rings. The van der Waals surface area contributed by atoms with Crippen LogP contribution < -0.4 is 10.1 Å². The van der Waals surface area contributed by atoms with Crippen LogP contribution >= 0.6 is 0 Å². The van der Waals surface area contributed by atoms with E-state index in [0.29, 0.717) is 13.0 Å². The highest BCUT2D eigenvalue weighted by Crippen LogP contribution is 2.28. The fraction of sp³-hybridized carbons (Fsp3) is 0.588. The first-order valence-electron chi connectivity index (χ1n) is 7.54. The van der Waals surface area contributed by atoms with Crippen molar-refractivity contribution in [3.63, 3.8) is 0 Å². The van der Waals surface area contributed by atoms with Crippen LogP contribution in [0.4, 0.5) is 0 Å². The molecule has 2 atom stereocenters. The van der Waals surface area contributed by atoms with E-state index >= 15 is 0 Å². The fourth-order valence-electron chi connectivity index (χ4n) is 2.50. The second-order valence-electron chi connectivity index (χ2n) is 6.22. The van der Waals surface area contributed by atoms with Gasteiger partial charge in [0.05, 0.1) is 7.11 Å². The molecule has 116 valence electrons. The lowest BCUT2D eigenvalue weighted by Gasteiger charge is -2.23. The standard InChI is InChI=1S/C17H25NO3/c1-5-17(2,3)12-6-8-13(9-7-12)21-14-10-15(18-11-14)16(19)20-4/h6-9,14-15,18H,5,10-11H2,1-4H3. The monoisotopic (exact) mass is 291 g/mol. The van der Waals surface area contributed by atoms with E-state index in [-0.39, 0.29) is 23.5 Å². The molecule has 0 radical (unpaired) electrons. The van der Waals surface area contributed by atoms with E-state index in [1.807, 2.05) is 12.1 Å². The zero-order chi connectivity index (χ0) is 15.5. The third-order valence-electron chi connectivity index (χ3n) is 4.40. The Bertz CT molecular complexity index is 481. The molecule has 1 aliphatic rings. The van der Waals surface area contributed by atoms with Crippen LogP contribution in [-0.4, -0.2) is 31.8 Å². The first-order chi connectivity index (χ1) is 9.96. The molecule has 4 heteroatoms. The van der Waals surface area contributed by atoms with Gasteiger partial charge in [-0.05, 0) is 29.5 Å². The summed E-state index contributed by atoms with van der Waals surface area (Å²) in [6, 6.07) is 8.02. The highest BCUT2D eigenvalue weighted by atomic mass is 16.5. The number of ether oxygens (including phenoxy) is 2. The number of carbonyl (C=O) groups is 1. The fourth-order valence-corrected chi connectivity index (χ4v) is 2.50. The Labute approximate surface area is 126 Å². The maximum atomic E-state index is 11.5. The third-order valence-corrected chi connectivity index (χ3v) is 4.40. The molecule has 0 aliphatic carbocycles. The van der Waals surface area contributed by atoms with Crippen molar-refractivity contribution in [3.05, 3.63) is 29.8 Å². The molecule has 2 unspecified atom stereocenters. The van der Waals surface area contributed by atoms with Crippen molar-refractivity contribution in [1.82, 2.24) is 5.32 Å². The molecule has 1 aliphatic heterocycles. The Hall–Kier alpha value is -1.55. The zero-order valence-corrected chi connectivity index (χ0v) is 13.3. The van der Waals surface area contributed by atoms with Gasteiger partial charge in [-0.25, -0.2) is 0 Å². The third kappa shape index (κ3) is 3.76. The van der Waals surface area contributed by atoms with Gasteiger partial charge in [-0.15, -0.1) is 0 Å². The van der Waals surface area contributed by atoms with Crippen LogP contribution in [0.3, 0.4) is 0 Å². The normalized spacial score (nSPS) is 22.1. The van der Waals surface area contributed by atoms with Crippen LogP contribution in [0.5, 0.6) is 5.75 Å². The summed E-state index contributed by atoms with van der Waals surface area (Å²) in [5.74, 6) is 0.629. The summed E-state index contributed by atoms with van der Waals surface area (Å²) < 4.78 is 10.7. The highest BCUT2D eigenvalue weighted by Gasteiger charge is 2.31. The van der Waals surface area contributed by atoms with Gasteiger partial charge in [-0.3, -0.25) is 4.79 Å². The second-order valence-corrected chi connectivity index (χ2v) is 6.22. The molecule has 1 saturated heterocycles. The van der Waals surface area contributed by atoms with Crippen molar-refractivity contribution < 1.29 is 14.3 Å². The Morgan fingerprint density at radius 2 is 2.00 bits per heavy atom.